The maximum atomic E-state index is 11.9. The van der Waals surface area contributed by atoms with Gasteiger partial charge in [-0.25, -0.2) is 14.8 Å². The van der Waals surface area contributed by atoms with Gasteiger partial charge in [0.15, 0.2) is 5.82 Å². The monoisotopic (exact) mass is 366 g/mol. The molecular formula is C19H18N4O2S. The van der Waals surface area contributed by atoms with Gasteiger partial charge in [0.25, 0.3) is 0 Å². The van der Waals surface area contributed by atoms with E-state index in [2.05, 4.69) is 21.4 Å². The van der Waals surface area contributed by atoms with E-state index in [-0.39, 0.29) is 6.54 Å². The number of amides is 1. The van der Waals surface area contributed by atoms with E-state index >= 15 is 0 Å². The van der Waals surface area contributed by atoms with Crippen LogP contribution in [0.1, 0.15) is 32.0 Å². The number of nitrogens with one attached hydrogen (secondary N) is 1. The molecule has 2 aromatic heterocycles. The molecule has 7 heteroatoms. The number of nitrogens with zero attached hydrogens (tertiary/aromatic N) is 3. The van der Waals surface area contributed by atoms with E-state index in [1.54, 1.807) is 12.1 Å². The lowest BCUT2D eigenvalue weighted by molar-refractivity contribution is 0.0523. The Labute approximate surface area is 155 Å². The van der Waals surface area contributed by atoms with Crippen LogP contribution in [0, 0.1) is 11.3 Å². The molecule has 0 saturated heterocycles. The summed E-state index contributed by atoms with van der Waals surface area (Å²) in [5, 5.41) is 13.6. The number of alkyl carbamates (subject to hydrolysis) is 1. The highest BCUT2D eigenvalue weighted by molar-refractivity contribution is 7.17. The molecule has 1 amide bonds. The van der Waals surface area contributed by atoms with Crippen molar-refractivity contribution in [2.24, 2.45) is 0 Å². The van der Waals surface area contributed by atoms with Gasteiger partial charge in [-0.1, -0.05) is 0 Å². The number of ether oxygens (including phenoxy) is 1. The Morgan fingerprint density at radius 3 is 2.62 bits per heavy atom. The summed E-state index contributed by atoms with van der Waals surface area (Å²) in [7, 11) is 0. The van der Waals surface area contributed by atoms with Gasteiger partial charge >= 0.3 is 6.09 Å². The van der Waals surface area contributed by atoms with Gasteiger partial charge in [0.05, 0.1) is 34.1 Å². The third-order valence-corrected chi connectivity index (χ3v) is 4.40. The zero-order chi connectivity index (χ0) is 18.7. The third-order valence-electron chi connectivity index (χ3n) is 3.45. The maximum Gasteiger partial charge on any atom is 0.407 e. The summed E-state index contributed by atoms with van der Waals surface area (Å²) in [4.78, 5) is 21.1. The predicted octanol–water partition coefficient (Wildman–Crippen LogP) is 4.25. The molecule has 0 spiro atoms. The molecule has 3 rings (SSSR count). The lowest BCUT2D eigenvalue weighted by Crippen LogP contribution is -2.32. The quantitative estimate of drug-likeness (QED) is 0.748. The second-order valence-electron chi connectivity index (χ2n) is 6.67. The molecule has 0 unspecified atom stereocenters. The fourth-order valence-electron chi connectivity index (χ4n) is 2.34. The lowest BCUT2D eigenvalue weighted by Gasteiger charge is -2.19. The van der Waals surface area contributed by atoms with Crippen molar-refractivity contribution in [2.75, 3.05) is 0 Å². The van der Waals surface area contributed by atoms with Crippen LogP contribution in [0.5, 0.6) is 0 Å². The Hall–Kier alpha value is -2.98. The first-order chi connectivity index (χ1) is 12.4. The molecule has 26 heavy (non-hydrogen) atoms. The molecular weight excluding hydrogens is 348 g/mol. The molecule has 0 aliphatic carbocycles. The maximum absolute atomic E-state index is 11.9. The van der Waals surface area contributed by atoms with Gasteiger partial charge in [0.2, 0.25) is 0 Å². The summed E-state index contributed by atoms with van der Waals surface area (Å²) in [5.74, 6) is 0.557. The number of aromatic nitrogens is 2. The van der Waals surface area contributed by atoms with Crippen LogP contribution in [-0.4, -0.2) is 21.7 Å². The molecule has 0 atom stereocenters. The molecule has 1 aromatic carbocycles. The van der Waals surface area contributed by atoms with Crippen LogP contribution in [-0.2, 0) is 11.3 Å². The summed E-state index contributed by atoms with van der Waals surface area (Å²) < 4.78 is 6.20. The minimum atomic E-state index is -0.554. The van der Waals surface area contributed by atoms with Crippen LogP contribution in [0.3, 0.4) is 0 Å². The lowest BCUT2D eigenvalue weighted by atomic mass is 10.1. The van der Waals surface area contributed by atoms with Crippen molar-refractivity contribution >= 4 is 27.6 Å². The SMILES string of the molecule is CC(C)(C)OC(=O)NCc1nc(-c2ccc(C#N)cc2)nc2ccsc12. The van der Waals surface area contributed by atoms with Crippen molar-refractivity contribution in [3.05, 3.63) is 47.0 Å². The Morgan fingerprint density at radius 1 is 1.23 bits per heavy atom. The smallest absolute Gasteiger partial charge is 0.407 e. The van der Waals surface area contributed by atoms with Gasteiger partial charge in [0, 0.05) is 5.56 Å². The van der Waals surface area contributed by atoms with Crippen molar-refractivity contribution in [1.82, 2.24) is 15.3 Å². The first kappa shape index (κ1) is 17.8. The number of carbonyl (C=O) groups excluding carboxylic acids is 1. The highest BCUT2D eigenvalue weighted by atomic mass is 32.1. The summed E-state index contributed by atoms with van der Waals surface area (Å²) in [6.45, 7) is 5.70. The zero-order valence-corrected chi connectivity index (χ0v) is 15.6. The van der Waals surface area contributed by atoms with E-state index in [1.807, 2.05) is 44.4 Å². The van der Waals surface area contributed by atoms with E-state index in [9.17, 15) is 4.79 Å². The number of rotatable bonds is 3. The van der Waals surface area contributed by atoms with E-state index in [1.165, 1.54) is 11.3 Å². The largest absolute Gasteiger partial charge is 0.444 e. The van der Waals surface area contributed by atoms with Gasteiger partial charge in [-0.2, -0.15) is 5.26 Å². The van der Waals surface area contributed by atoms with Crippen LogP contribution in [0.4, 0.5) is 4.79 Å². The molecule has 0 aliphatic rings. The van der Waals surface area contributed by atoms with Crippen molar-refractivity contribution < 1.29 is 9.53 Å². The first-order valence-electron chi connectivity index (χ1n) is 8.07. The Morgan fingerprint density at radius 2 is 1.96 bits per heavy atom. The number of benzene rings is 1. The molecule has 2 heterocycles. The van der Waals surface area contributed by atoms with E-state index in [0.717, 1.165) is 21.5 Å². The second-order valence-corrected chi connectivity index (χ2v) is 7.59. The Kier molecular flexibility index (Phi) is 4.87. The van der Waals surface area contributed by atoms with Crippen LogP contribution < -0.4 is 5.32 Å². The summed E-state index contributed by atoms with van der Waals surface area (Å²) in [6.07, 6.45) is -0.485. The molecule has 1 N–H and O–H groups in total. The summed E-state index contributed by atoms with van der Waals surface area (Å²) in [6, 6.07) is 11.1. The predicted molar refractivity (Wildman–Crippen MR) is 101 cm³/mol. The number of hydrogen-bond acceptors (Lipinski definition) is 6. The van der Waals surface area contributed by atoms with Crippen molar-refractivity contribution in [3.63, 3.8) is 0 Å². The van der Waals surface area contributed by atoms with Crippen molar-refractivity contribution in [1.29, 1.82) is 5.26 Å². The molecule has 132 valence electrons. The normalized spacial score (nSPS) is 11.2. The van der Waals surface area contributed by atoms with E-state index in [4.69, 9.17) is 10.00 Å². The number of hydrogen-bond donors (Lipinski definition) is 1. The van der Waals surface area contributed by atoms with Crippen LogP contribution in [0.15, 0.2) is 35.7 Å². The van der Waals surface area contributed by atoms with Crippen LogP contribution in [0.2, 0.25) is 0 Å². The second kappa shape index (κ2) is 7.10. The van der Waals surface area contributed by atoms with E-state index < -0.39 is 11.7 Å². The fraction of sp³-hybridized carbons (Fsp3) is 0.263. The van der Waals surface area contributed by atoms with Crippen molar-refractivity contribution in [3.8, 4) is 17.5 Å². The molecule has 6 nitrogen and oxygen atoms in total. The summed E-state index contributed by atoms with van der Waals surface area (Å²) in [5.41, 5.74) is 2.40. The van der Waals surface area contributed by atoms with Gasteiger partial charge in [-0.3, -0.25) is 0 Å². The van der Waals surface area contributed by atoms with Gasteiger partial charge in [0.1, 0.15) is 5.60 Å². The highest BCUT2D eigenvalue weighted by Crippen LogP contribution is 2.26. The minimum Gasteiger partial charge on any atom is -0.444 e. The molecule has 3 aromatic rings. The molecule has 0 saturated carbocycles. The molecule has 0 aliphatic heterocycles. The minimum absolute atomic E-state index is 0.248. The Bertz CT molecular complexity index is 981. The third kappa shape index (κ3) is 4.16. The number of nitriles is 1. The Balaban J connectivity index is 1.88. The fourth-order valence-corrected chi connectivity index (χ4v) is 3.16. The first-order valence-corrected chi connectivity index (χ1v) is 8.95. The number of carbonyl (C=O) groups is 1. The average molecular weight is 366 g/mol. The molecule has 0 bridgehead atoms. The molecule has 0 fully saturated rings. The zero-order valence-electron chi connectivity index (χ0n) is 14.7. The summed E-state index contributed by atoms with van der Waals surface area (Å²) >= 11 is 1.53. The van der Waals surface area contributed by atoms with Crippen LogP contribution >= 0.6 is 11.3 Å². The molecule has 0 radical (unpaired) electrons. The van der Waals surface area contributed by atoms with Gasteiger partial charge < -0.3 is 10.1 Å². The topological polar surface area (TPSA) is 87.9 Å². The van der Waals surface area contributed by atoms with Gasteiger partial charge in [-0.15, -0.1) is 11.3 Å². The van der Waals surface area contributed by atoms with Crippen molar-refractivity contribution in [2.45, 2.75) is 32.9 Å². The van der Waals surface area contributed by atoms with E-state index in [0.29, 0.717) is 11.4 Å². The number of thiophene rings is 1. The number of fused-ring (bicyclic) bond motifs is 1. The highest BCUT2D eigenvalue weighted by Gasteiger charge is 2.17. The average Bonchev–Trinajstić information content (AvgIpc) is 3.07. The standard InChI is InChI=1S/C19H18N4O2S/c1-19(2,3)25-18(24)21-11-15-16-14(8-9-26-16)22-17(23-15)13-6-4-12(10-20)5-7-13/h4-9H,11H2,1-3H3,(H,21,24). The van der Waals surface area contributed by atoms with Gasteiger partial charge in [-0.05, 0) is 56.5 Å². The van der Waals surface area contributed by atoms with Crippen LogP contribution in [0.25, 0.3) is 21.6 Å².